The predicted octanol–water partition coefficient (Wildman–Crippen LogP) is 3.89. The lowest BCUT2D eigenvalue weighted by Crippen LogP contribution is -2.19. The van der Waals surface area contributed by atoms with Crippen LogP contribution in [0.15, 0.2) is 18.3 Å². The molecule has 0 saturated carbocycles. The van der Waals surface area contributed by atoms with E-state index in [9.17, 15) is 9.59 Å². The molecule has 0 saturated heterocycles. The van der Waals surface area contributed by atoms with Gasteiger partial charge < -0.3 is 14.8 Å². The van der Waals surface area contributed by atoms with E-state index in [2.05, 4.69) is 10.3 Å². The van der Waals surface area contributed by atoms with Gasteiger partial charge in [0.05, 0.1) is 22.7 Å². The number of benzene rings is 1. The highest BCUT2D eigenvalue weighted by atomic mass is 35.5. The Labute approximate surface area is 161 Å². The second-order valence-electron chi connectivity index (χ2n) is 5.48. The monoisotopic (exact) mass is 399 g/mol. The van der Waals surface area contributed by atoms with Gasteiger partial charge in [-0.15, -0.1) is 0 Å². The van der Waals surface area contributed by atoms with Crippen LogP contribution < -0.4 is 10.3 Å². The number of pyridine rings is 1. The van der Waals surface area contributed by atoms with Gasteiger partial charge in [0.25, 0.3) is 0 Å². The fourth-order valence-corrected chi connectivity index (χ4v) is 2.82. The first-order valence-electron chi connectivity index (χ1n) is 8.38. The Balaban J connectivity index is 2.30. The molecule has 140 valence electrons. The molecule has 2 rings (SSSR count). The molecule has 0 aliphatic heterocycles. The highest BCUT2D eigenvalue weighted by Gasteiger charge is 2.22. The summed E-state index contributed by atoms with van der Waals surface area (Å²) in [5, 5.41) is 4.58. The Bertz CT molecular complexity index is 811. The van der Waals surface area contributed by atoms with Crippen LogP contribution in [0, 0.1) is 0 Å². The van der Waals surface area contributed by atoms with Crippen molar-refractivity contribution in [3.63, 3.8) is 0 Å². The minimum absolute atomic E-state index is 0.183. The highest BCUT2D eigenvalue weighted by Crippen LogP contribution is 2.33. The number of esters is 2. The third kappa shape index (κ3) is 4.77. The Kier molecular flexibility index (Phi) is 7.48. The van der Waals surface area contributed by atoms with E-state index >= 15 is 0 Å². The molecule has 1 aromatic carbocycles. The average molecular weight is 400 g/mol. The summed E-state index contributed by atoms with van der Waals surface area (Å²) in [6.07, 6.45) is 2.64. The maximum Gasteiger partial charge on any atom is 0.346 e. The van der Waals surface area contributed by atoms with E-state index < -0.39 is 5.97 Å². The first-order chi connectivity index (χ1) is 12.5. The first-order valence-corrected chi connectivity index (χ1v) is 9.14. The number of fused-ring (bicyclic) bond motifs is 1. The molecule has 0 radical (unpaired) electrons. The number of hydrogen-bond acceptors (Lipinski definition) is 5. The summed E-state index contributed by atoms with van der Waals surface area (Å²) in [4.78, 5) is 26.7. The van der Waals surface area contributed by atoms with Crippen LogP contribution in [0.3, 0.4) is 0 Å². The van der Waals surface area contributed by atoms with Crippen molar-refractivity contribution < 1.29 is 24.0 Å². The number of hydrogen-bond donors (Lipinski definition) is 1. The number of nitrogens with one attached hydrogen (secondary N) is 2. The van der Waals surface area contributed by atoms with E-state index in [1.807, 2.05) is 6.92 Å². The van der Waals surface area contributed by atoms with Gasteiger partial charge in [0.15, 0.2) is 6.20 Å². The smallest absolute Gasteiger partial charge is 0.346 e. The van der Waals surface area contributed by atoms with E-state index in [1.54, 1.807) is 19.1 Å². The third-order valence-electron chi connectivity index (χ3n) is 3.61. The molecular weight excluding hydrogens is 379 g/mol. The molecule has 0 amide bonds. The largest absolute Gasteiger partial charge is 0.464 e. The number of carbonyl (C=O) groups excluding carboxylic acids is 2. The SMILES string of the molecule is CCCC(=O)OCCNc1c(C(=O)OCC)c[nH+]c2c(Cl)c(Cl)ccc12. The van der Waals surface area contributed by atoms with Crippen molar-refractivity contribution in [1.29, 1.82) is 0 Å². The fourth-order valence-electron chi connectivity index (χ4n) is 2.44. The van der Waals surface area contributed by atoms with E-state index in [0.29, 0.717) is 45.2 Å². The summed E-state index contributed by atoms with van der Waals surface area (Å²) in [6, 6.07) is 3.41. The van der Waals surface area contributed by atoms with E-state index in [4.69, 9.17) is 32.7 Å². The van der Waals surface area contributed by atoms with Crippen LogP contribution in [0.1, 0.15) is 37.0 Å². The summed E-state index contributed by atoms with van der Waals surface area (Å²) < 4.78 is 10.2. The number of H-pyrrole nitrogens is 1. The number of aromatic amines is 1. The molecule has 0 spiro atoms. The molecule has 26 heavy (non-hydrogen) atoms. The number of aromatic nitrogens is 1. The number of rotatable bonds is 8. The van der Waals surface area contributed by atoms with Crippen molar-refractivity contribution in [2.75, 3.05) is 25.1 Å². The Morgan fingerprint density at radius 3 is 2.65 bits per heavy atom. The molecule has 0 aliphatic rings. The zero-order valence-corrected chi connectivity index (χ0v) is 16.2. The molecule has 0 aliphatic carbocycles. The summed E-state index contributed by atoms with van der Waals surface area (Å²) in [7, 11) is 0. The lowest BCUT2D eigenvalue weighted by molar-refractivity contribution is -0.344. The van der Waals surface area contributed by atoms with Crippen LogP contribution in [0.2, 0.25) is 10.0 Å². The molecule has 2 aromatic rings. The van der Waals surface area contributed by atoms with Gasteiger partial charge in [-0.1, -0.05) is 30.1 Å². The van der Waals surface area contributed by atoms with Crippen molar-refractivity contribution in [3.8, 4) is 0 Å². The van der Waals surface area contributed by atoms with Gasteiger partial charge in [-0.3, -0.25) is 4.79 Å². The first kappa shape index (κ1) is 20.3. The molecule has 8 heteroatoms. The Morgan fingerprint density at radius 1 is 1.19 bits per heavy atom. The lowest BCUT2D eigenvalue weighted by Gasteiger charge is -2.12. The standard InChI is InChI=1S/C18H20Cl2N2O4/c1-3-5-14(23)26-9-8-21-16-11-6-7-13(19)15(20)17(11)22-10-12(16)18(24)25-4-2/h6-7,10H,3-5,8-9H2,1-2H3,(H,21,22)/p+1. The molecular formula is C18H21Cl2N2O4+. The molecule has 0 atom stereocenters. The van der Waals surface area contributed by atoms with Crippen LogP contribution in [-0.2, 0) is 14.3 Å². The van der Waals surface area contributed by atoms with Crippen LogP contribution in [0.5, 0.6) is 0 Å². The van der Waals surface area contributed by atoms with E-state index in [0.717, 1.165) is 6.42 Å². The van der Waals surface area contributed by atoms with Gasteiger partial charge in [0, 0.05) is 13.0 Å². The van der Waals surface area contributed by atoms with Gasteiger partial charge in [-0.05, 0) is 25.5 Å². The second kappa shape index (κ2) is 9.59. The fraction of sp³-hybridized carbons (Fsp3) is 0.389. The van der Waals surface area contributed by atoms with Gasteiger partial charge in [0.1, 0.15) is 17.2 Å². The topological polar surface area (TPSA) is 78.8 Å². The minimum atomic E-state index is -0.470. The molecule has 6 nitrogen and oxygen atoms in total. The lowest BCUT2D eigenvalue weighted by atomic mass is 10.1. The quantitative estimate of drug-likeness (QED) is 0.537. The van der Waals surface area contributed by atoms with Crippen molar-refractivity contribution in [3.05, 3.63) is 33.9 Å². The van der Waals surface area contributed by atoms with Crippen LogP contribution >= 0.6 is 23.2 Å². The number of halogens is 2. The predicted molar refractivity (Wildman–Crippen MR) is 101 cm³/mol. The summed E-state index contributed by atoms with van der Waals surface area (Å²) >= 11 is 12.3. The number of ether oxygens (including phenoxy) is 2. The van der Waals surface area contributed by atoms with E-state index in [1.165, 1.54) is 6.20 Å². The average Bonchev–Trinajstić information content (AvgIpc) is 2.62. The van der Waals surface area contributed by atoms with Crippen LogP contribution in [0.25, 0.3) is 10.9 Å². The van der Waals surface area contributed by atoms with Crippen molar-refractivity contribution in [2.24, 2.45) is 0 Å². The van der Waals surface area contributed by atoms with Crippen molar-refractivity contribution >= 4 is 51.7 Å². The molecule has 1 aromatic heterocycles. The minimum Gasteiger partial charge on any atom is -0.464 e. The Hall–Kier alpha value is -2.05. The van der Waals surface area contributed by atoms with Crippen molar-refractivity contribution in [2.45, 2.75) is 26.7 Å². The maximum atomic E-state index is 12.3. The highest BCUT2D eigenvalue weighted by molar-refractivity contribution is 6.45. The van der Waals surface area contributed by atoms with Crippen LogP contribution in [-0.4, -0.2) is 31.7 Å². The zero-order chi connectivity index (χ0) is 19.1. The van der Waals surface area contributed by atoms with Gasteiger partial charge >= 0.3 is 11.9 Å². The summed E-state index contributed by atoms with van der Waals surface area (Å²) in [5.41, 5.74) is 1.47. The second-order valence-corrected chi connectivity index (χ2v) is 6.26. The molecule has 1 heterocycles. The molecule has 0 bridgehead atoms. The van der Waals surface area contributed by atoms with Gasteiger partial charge in [0.2, 0.25) is 5.52 Å². The van der Waals surface area contributed by atoms with Gasteiger partial charge in [-0.2, -0.15) is 0 Å². The Morgan fingerprint density at radius 2 is 1.96 bits per heavy atom. The summed E-state index contributed by atoms with van der Waals surface area (Å²) in [6.45, 7) is 4.42. The number of anilines is 1. The molecule has 0 unspecified atom stereocenters. The van der Waals surface area contributed by atoms with Crippen molar-refractivity contribution in [1.82, 2.24) is 0 Å². The van der Waals surface area contributed by atoms with Gasteiger partial charge in [-0.25, -0.2) is 9.78 Å². The zero-order valence-electron chi connectivity index (χ0n) is 14.7. The molecule has 0 fully saturated rings. The van der Waals surface area contributed by atoms with Crippen LogP contribution in [0.4, 0.5) is 5.69 Å². The maximum absolute atomic E-state index is 12.3. The normalized spacial score (nSPS) is 10.6. The third-order valence-corrected chi connectivity index (χ3v) is 4.42. The number of carbonyl (C=O) groups is 2. The van der Waals surface area contributed by atoms with E-state index in [-0.39, 0.29) is 19.2 Å². The summed E-state index contributed by atoms with van der Waals surface area (Å²) in [5.74, 6) is -0.719. The molecule has 2 N–H and O–H groups in total.